The first-order valence-electron chi connectivity index (χ1n) is 9.67. The average Bonchev–Trinajstić information content (AvgIpc) is 3.04. The summed E-state index contributed by atoms with van der Waals surface area (Å²) < 4.78 is 5.64. The van der Waals surface area contributed by atoms with E-state index in [1.807, 2.05) is 6.92 Å². The summed E-state index contributed by atoms with van der Waals surface area (Å²) in [6, 6.07) is 0. The molecule has 148 valence electrons. The van der Waals surface area contributed by atoms with Crippen molar-refractivity contribution in [2.45, 2.75) is 63.5 Å². The number of nitrogens with one attached hydrogen (secondary N) is 1. The number of aliphatic imine (C=N–C) groups is 1. The van der Waals surface area contributed by atoms with Crippen molar-refractivity contribution in [2.75, 3.05) is 31.9 Å². The molecule has 1 spiro atoms. The molecular weight excluding hydrogens is 461 g/mol. The monoisotopic (exact) mass is 493 g/mol. The van der Waals surface area contributed by atoms with Crippen LogP contribution in [0.5, 0.6) is 0 Å². The number of thioether (sulfide) groups is 1. The first-order valence-corrected chi connectivity index (χ1v) is 10.7. The molecule has 1 aromatic rings. The first kappa shape index (κ1) is 21.8. The van der Waals surface area contributed by atoms with E-state index in [4.69, 9.17) is 9.52 Å². The summed E-state index contributed by atoms with van der Waals surface area (Å²) in [6.45, 7) is 7.95. The van der Waals surface area contributed by atoms with E-state index in [-0.39, 0.29) is 24.0 Å². The molecule has 26 heavy (non-hydrogen) atoms. The number of aryl methyl sites for hydroxylation is 2. The normalized spacial score (nSPS) is 20.1. The van der Waals surface area contributed by atoms with Gasteiger partial charge in [-0.15, -0.1) is 24.0 Å². The summed E-state index contributed by atoms with van der Waals surface area (Å²) in [6.07, 6.45) is 8.64. The number of rotatable bonds is 5. The van der Waals surface area contributed by atoms with Crippen LogP contribution in [-0.4, -0.2) is 57.7 Å². The van der Waals surface area contributed by atoms with E-state index in [0.717, 1.165) is 45.0 Å². The zero-order valence-electron chi connectivity index (χ0n) is 16.0. The molecule has 0 radical (unpaired) electrons. The number of nitrogens with zero attached hydrogens (tertiary/aromatic N) is 4. The fourth-order valence-corrected chi connectivity index (χ4v) is 5.38. The van der Waals surface area contributed by atoms with Crippen molar-refractivity contribution < 1.29 is 4.52 Å². The number of guanidine groups is 1. The van der Waals surface area contributed by atoms with Gasteiger partial charge in [0.15, 0.2) is 11.8 Å². The Bertz CT molecular complexity index is 568. The van der Waals surface area contributed by atoms with E-state index in [1.165, 1.54) is 37.9 Å². The van der Waals surface area contributed by atoms with E-state index in [0.29, 0.717) is 16.5 Å². The lowest BCUT2D eigenvalue weighted by Crippen LogP contribution is -2.53. The molecule has 0 bridgehead atoms. The molecule has 2 fully saturated rings. The summed E-state index contributed by atoms with van der Waals surface area (Å²) >= 11 is 2.20. The Morgan fingerprint density at radius 1 is 1.35 bits per heavy atom. The van der Waals surface area contributed by atoms with Crippen LogP contribution >= 0.6 is 35.7 Å². The fourth-order valence-electron chi connectivity index (χ4n) is 3.81. The predicted octanol–water partition coefficient (Wildman–Crippen LogP) is 3.65. The second-order valence-electron chi connectivity index (χ2n) is 7.09. The topological polar surface area (TPSA) is 66.5 Å². The largest absolute Gasteiger partial charge is 0.357 e. The van der Waals surface area contributed by atoms with Gasteiger partial charge in [-0.1, -0.05) is 24.4 Å². The van der Waals surface area contributed by atoms with Crippen LogP contribution in [0.2, 0.25) is 0 Å². The van der Waals surface area contributed by atoms with Gasteiger partial charge in [-0.2, -0.15) is 16.7 Å². The maximum Gasteiger partial charge on any atom is 0.226 e. The van der Waals surface area contributed by atoms with Gasteiger partial charge in [-0.05, 0) is 33.1 Å². The van der Waals surface area contributed by atoms with Crippen molar-refractivity contribution in [2.24, 2.45) is 4.99 Å². The summed E-state index contributed by atoms with van der Waals surface area (Å²) in [5.74, 6) is 3.71. The summed E-state index contributed by atoms with van der Waals surface area (Å²) in [5, 5.41) is 7.33. The second-order valence-corrected chi connectivity index (χ2v) is 8.65. The zero-order valence-corrected chi connectivity index (χ0v) is 19.1. The van der Waals surface area contributed by atoms with E-state index in [2.05, 4.69) is 39.0 Å². The number of hydrogen-bond donors (Lipinski definition) is 1. The van der Waals surface area contributed by atoms with Crippen LogP contribution in [0.1, 0.15) is 57.2 Å². The Hall–Kier alpha value is -0.510. The molecule has 1 aliphatic carbocycles. The molecule has 2 aliphatic rings. The molecule has 0 unspecified atom stereocenters. The quantitative estimate of drug-likeness (QED) is 0.293. The molecule has 6 nitrogen and oxygen atoms in total. The first-order chi connectivity index (χ1) is 12.2. The Labute approximate surface area is 178 Å². The smallest absolute Gasteiger partial charge is 0.226 e. The molecule has 0 amide bonds. The van der Waals surface area contributed by atoms with Crippen LogP contribution in [0, 0.1) is 6.92 Å². The highest BCUT2D eigenvalue weighted by molar-refractivity contribution is 14.0. The molecule has 1 saturated heterocycles. The average molecular weight is 493 g/mol. The van der Waals surface area contributed by atoms with Crippen LogP contribution in [0.4, 0.5) is 0 Å². The molecular formula is C18H32IN5OS. The molecule has 0 aromatic carbocycles. The molecule has 2 heterocycles. The van der Waals surface area contributed by atoms with E-state index in [9.17, 15) is 0 Å². The van der Waals surface area contributed by atoms with Crippen molar-refractivity contribution in [3.8, 4) is 0 Å². The highest BCUT2D eigenvalue weighted by Crippen LogP contribution is 2.42. The van der Waals surface area contributed by atoms with Crippen molar-refractivity contribution in [3.05, 3.63) is 11.7 Å². The third kappa shape index (κ3) is 6.00. The lowest BCUT2D eigenvalue weighted by Gasteiger charge is -2.45. The zero-order chi connectivity index (χ0) is 17.5. The number of halogens is 1. The van der Waals surface area contributed by atoms with Gasteiger partial charge in [0.2, 0.25) is 5.89 Å². The maximum atomic E-state index is 5.17. The van der Waals surface area contributed by atoms with Crippen molar-refractivity contribution in [1.82, 2.24) is 20.4 Å². The van der Waals surface area contributed by atoms with Gasteiger partial charge < -0.3 is 14.7 Å². The minimum atomic E-state index is 0. The Kier molecular flexibility index (Phi) is 8.99. The maximum absolute atomic E-state index is 5.17. The van der Waals surface area contributed by atoms with Crippen molar-refractivity contribution in [1.29, 1.82) is 0 Å². The molecule has 8 heteroatoms. The third-order valence-corrected chi connectivity index (χ3v) is 6.56. The van der Waals surface area contributed by atoms with Crippen LogP contribution < -0.4 is 5.32 Å². The van der Waals surface area contributed by atoms with Gasteiger partial charge in [0, 0.05) is 43.1 Å². The SMILES string of the molecule is CCNC(=NCCCc1nc(C)no1)N1CCSC2(CCCCC2)C1.I. The molecule has 1 aromatic heterocycles. The Morgan fingerprint density at radius 3 is 2.85 bits per heavy atom. The third-order valence-electron chi connectivity index (χ3n) is 5.03. The summed E-state index contributed by atoms with van der Waals surface area (Å²) in [4.78, 5) is 11.6. The van der Waals surface area contributed by atoms with E-state index in [1.54, 1.807) is 0 Å². The standard InChI is InChI=1S/C18H31N5OS.HI/c1-3-19-17(20-11-7-8-16-21-15(2)22-24-16)23-12-13-25-18(14-23)9-5-4-6-10-18;/h3-14H2,1-2H3,(H,19,20);1H. The van der Waals surface area contributed by atoms with Crippen molar-refractivity contribution >= 4 is 41.7 Å². The molecule has 1 N–H and O–H groups in total. The molecule has 3 rings (SSSR count). The van der Waals surface area contributed by atoms with Crippen LogP contribution in [-0.2, 0) is 6.42 Å². The van der Waals surface area contributed by atoms with Crippen molar-refractivity contribution in [3.63, 3.8) is 0 Å². The molecule has 1 saturated carbocycles. The van der Waals surface area contributed by atoms with Crippen LogP contribution in [0.25, 0.3) is 0 Å². The van der Waals surface area contributed by atoms with Crippen LogP contribution in [0.15, 0.2) is 9.52 Å². The van der Waals surface area contributed by atoms with E-state index < -0.39 is 0 Å². The van der Waals surface area contributed by atoms with E-state index >= 15 is 0 Å². The molecule has 1 aliphatic heterocycles. The van der Waals surface area contributed by atoms with Gasteiger partial charge in [0.05, 0.1) is 0 Å². The Balaban J connectivity index is 0.00000243. The predicted molar refractivity (Wildman–Crippen MR) is 119 cm³/mol. The number of hydrogen-bond acceptors (Lipinski definition) is 5. The lowest BCUT2D eigenvalue weighted by molar-refractivity contribution is 0.293. The van der Waals surface area contributed by atoms with Gasteiger partial charge in [0.25, 0.3) is 0 Å². The molecule has 0 atom stereocenters. The van der Waals surface area contributed by atoms with Gasteiger partial charge >= 0.3 is 0 Å². The highest BCUT2D eigenvalue weighted by Gasteiger charge is 2.38. The lowest BCUT2D eigenvalue weighted by atomic mass is 9.87. The minimum absolute atomic E-state index is 0. The summed E-state index contributed by atoms with van der Waals surface area (Å²) in [7, 11) is 0. The van der Waals surface area contributed by atoms with Crippen LogP contribution in [0.3, 0.4) is 0 Å². The second kappa shape index (κ2) is 10.7. The summed E-state index contributed by atoms with van der Waals surface area (Å²) in [5.41, 5.74) is 0. The van der Waals surface area contributed by atoms with Gasteiger partial charge in [0.1, 0.15) is 0 Å². The van der Waals surface area contributed by atoms with Gasteiger partial charge in [-0.25, -0.2) is 0 Å². The van der Waals surface area contributed by atoms with Gasteiger partial charge in [-0.3, -0.25) is 4.99 Å². The minimum Gasteiger partial charge on any atom is -0.357 e. The number of aromatic nitrogens is 2. The fraction of sp³-hybridized carbons (Fsp3) is 0.833. The highest BCUT2D eigenvalue weighted by atomic mass is 127. The Morgan fingerprint density at radius 2 is 2.15 bits per heavy atom.